The fraction of sp³-hybridized carbons (Fsp3) is 0.625. The number of amides is 3. The zero-order chi connectivity index (χ0) is 22.3. The number of esters is 1. The van der Waals surface area contributed by atoms with Crippen molar-refractivity contribution >= 4 is 17.9 Å². The van der Waals surface area contributed by atoms with Gasteiger partial charge in [-0.1, -0.05) is 52.7 Å². The minimum absolute atomic E-state index is 0.0421. The third-order valence-electron chi connectivity index (χ3n) is 6.73. The Morgan fingerprint density at radius 3 is 2.40 bits per heavy atom. The van der Waals surface area contributed by atoms with E-state index >= 15 is 0 Å². The van der Waals surface area contributed by atoms with Crippen LogP contribution in [-0.4, -0.2) is 34.9 Å². The van der Waals surface area contributed by atoms with Gasteiger partial charge in [0.05, 0.1) is 0 Å². The average Bonchev–Trinajstić information content (AvgIpc) is 2.87. The summed E-state index contributed by atoms with van der Waals surface area (Å²) in [5.74, 6) is -0.799. The molecule has 164 valence electrons. The van der Waals surface area contributed by atoms with E-state index in [9.17, 15) is 14.4 Å². The second-order valence-electron chi connectivity index (χ2n) is 9.94. The predicted octanol–water partition coefficient (Wildman–Crippen LogP) is 4.14. The molecule has 2 atom stereocenters. The summed E-state index contributed by atoms with van der Waals surface area (Å²) in [6.45, 7) is 12.3. The van der Waals surface area contributed by atoms with Gasteiger partial charge in [-0.05, 0) is 60.3 Å². The van der Waals surface area contributed by atoms with E-state index in [1.54, 1.807) is 0 Å². The van der Waals surface area contributed by atoms with Crippen LogP contribution in [0.5, 0.6) is 0 Å². The summed E-state index contributed by atoms with van der Waals surface area (Å²) in [7, 11) is 0. The fourth-order valence-electron chi connectivity index (χ4n) is 4.62. The highest BCUT2D eigenvalue weighted by Crippen LogP contribution is 2.38. The summed E-state index contributed by atoms with van der Waals surface area (Å²) in [5, 5.41) is 2.87. The number of hydrogen-bond acceptors (Lipinski definition) is 4. The number of carbonyl (C=O) groups is 3. The van der Waals surface area contributed by atoms with Gasteiger partial charge >= 0.3 is 12.0 Å². The maximum atomic E-state index is 13.0. The molecule has 30 heavy (non-hydrogen) atoms. The van der Waals surface area contributed by atoms with Crippen molar-refractivity contribution in [2.75, 3.05) is 6.54 Å². The summed E-state index contributed by atoms with van der Waals surface area (Å²) in [6.07, 6.45) is 3.48. The Morgan fingerprint density at radius 1 is 1.20 bits per heavy atom. The Hall–Kier alpha value is -2.37. The summed E-state index contributed by atoms with van der Waals surface area (Å²) >= 11 is 0. The largest absolute Gasteiger partial charge is 0.459 e. The minimum Gasteiger partial charge on any atom is -0.459 e. The highest BCUT2D eigenvalue weighted by molar-refractivity contribution is 6.08. The van der Waals surface area contributed by atoms with Crippen molar-refractivity contribution in [2.45, 2.75) is 84.8 Å². The molecule has 1 aromatic carbocycles. The van der Waals surface area contributed by atoms with E-state index in [4.69, 9.17) is 4.74 Å². The molecular formula is C24H34N2O4. The van der Waals surface area contributed by atoms with Crippen molar-refractivity contribution in [1.82, 2.24) is 10.2 Å². The molecule has 0 unspecified atom stereocenters. The highest BCUT2D eigenvalue weighted by atomic mass is 16.5. The third-order valence-corrected chi connectivity index (χ3v) is 6.73. The average molecular weight is 415 g/mol. The Balaban J connectivity index is 1.65. The van der Waals surface area contributed by atoms with Gasteiger partial charge in [0, 0.05) is 0 Å². The van der Waals surface area contributed by atoms with Gasteiger partial charge in [-0.3, -0.25) is 14.5 Å². The number of urea groups is 1. The molecule has 3 rings (SSSR count). The van der Waals surface area contributed by atoms with E-state index in [2.05, 4.69) is 38.2 Å². The van der Waals surface area contributed by atoms with Crippen molar-refractivity contribution in [1.29, 1.82) is 0 Å². The molecular weight excluding hydrogens is 380 g/mol. The number of imide groups is 1. The van der Waals surface area contributed by atoms with Gasteiger partial charge in [-0.2, -0.15) is 0 Å². The molecule has 1 spiro atoms. The smallest absolute Gasteiger partial charge is 0.326 e. The van der Waals surface area contributed by atoms with Gasteiger partial charge < -0.3 is 10.1 Å². The lowest BCUT2D eigenvalue weighted by Crippen LogP contribution is -2.54. The van der Waals surface area contributed by atoms with E-state index in [0.717, 1.165) is 40.9 Å². The molecule has 1 saturated heterocycles. The predicted molar refractivity (Wildman–Crippen MR) is 115 cm³/mol. The molecule has 3 amide bonds. The van der Waals surface area contributed by atoms with Crippen LogP contribution in [0.4, 0.5) is 4.79 Å². The van der Waals surface area contributed by atoms with Crippen LogP contribution in [0.3, 0.4) is 0 Å². The van der Waals surface area contributed by atoms with Crippen molar-refractivity contribution in [2.24, 2.45) is 5.92 Å². The lowest BCUT2D eigenvalue weighted by atomic mass is 9.73. The fourth-order valence-corrected chi connectivity index (χ4v) is 4.62. The molecule has 1 N–H and O–H groups in total. The first-order chi connectivity index (χ1) is 14.0. The molecule has 6 heteroatoms. The number of carbonyl (C=O) groups excluding carboxylic acids is 3. The number of nitrogens with zero attached hydrogens (tertiary/aromatic N) is 1. The van der Waals surface area contributed by atoms with Gasteiger partial charge in [-0.25, -0.2) is 4.79 Å². The van der Waals surface area contributed by atoms with Crippen LogP contribution in [0.2, 0.25) is 0 Å². The summed E-state index contributed by atoms with van der Waals surface area (Å²) in [4.78, 5) is 38.9. The van der Waals surface area contributed by atoms with E-state index in [-0.39, 0.29) is 30.4 Å². The van der Waals surface area contributed by atoms with E-state index < -0.39 is 17.5 Å². The quantitative estimate of drug-likeness (QED) is 0.593. The maximum absolute atomic E-state index is 13.0. The molecule has 0 bridgehead atoms. The first-order valence-corrected chi connectivity index (χ1v) is 10.9. The topological polar surface area (TPSA) is 75.7 Å². The number of benzene rings is 1. The van der Waals surface area contributed by atoms with Crippen LogP contribution in [0.15, 0.2) is 12.1 Å². The van der Waals surface area contributed by atoms with Crippen LogP contribution in [-0.2, 0) is 26.3 Å². The summed E-state index contributed by atoms with van der Waals surface area (Å²) in [5.41, 5.74) is 3.52. The zero-order valence-corrected chi connectivity index (χ0v) is 19.1. The van der Waals surface area contributed by atoms with Crippen LogP contribution >= 0.6 is 0 Å². The van der Waals surface area contributed by atoms with Crippen molar-refractivity contribution in [3.63, 3.8) is 0 Å². The van der Waals surface area contributed by atoms with Gasteiger partial charge in [0.1, 0.15) is 18.7 Å². The van der Waals surface area contributed by atoms with Crippen LogP contribution in [0.1, 0.15) is 75.6 Å². The summed E-state index contributed by atoms with van der Waals surface area (Å²) in [6, 6.07) is 3.76. The normalized spacial score (nSPS) is 24.3. The second kappa shape index (κ2) is 8.05. The van der Waals surface area contributed by atoms with Crippen LogP contribution < -0.4 is 5.32 Å². The number of ether oxygens (including phenoxy) is 1. The minimum atomic E-state index is -0.856. The molecule has 1 aliphatic carbocycles. The van der Waals surface area contributed by atoms with Gasteiger partial charge in [0.2, 0.25) is 0 Å². The zero-order valence-electron chi connectivity index (χ0n) is 19.1. The SMILES string of the molecule is Cc1cc(C(C)(C)C)cc(C)c1COC(=O)CN1C(=O)N[C@]2(CCCC[C@H]2C)C1=O. The van der Waals surface area contributed by atoms with E-state index in [0.29, 0.717) is 6.42 Å². The van der Waals surface area contributed by atoms with Crippen LogP contribution in [0.25, 0.3) is 0 Å². The van der Waals surface area contributed by atoms with E-state index in [1.165, 1.54) is 5.56 Å². The Labute approximate surface area is 179 Å². The van der Waals surface area contributed by atoms with Gasteiger partial charge in [0.15, 0.2) is 0 Å². The highest BCUT2D eigenvalue weighted by Gasteiger charge is 2.55. The van der Waals surface area contributed by atoms with Crippen molar-refractivity contribution in [3.8, 4) is 0 Å². The molecule has 1 aromatic rings. The standard InChI is InChI=1S/C24H34N2O4/c1-15-11-18(23(4,5)6)12-16(2)19(15)14-30-20(27)13-26-21(28)24(25-22(26)29)10-8-7-9-17(24)3/h11-12,17H,7-10,13-14H2,1-6H3,(H,25,29)/t17-,24+/m1/s1. The number of nitrogens with one attached hydrogen (secondary N) is 1. The van der Waals surface area contributed by atoms with E-state index in [1.807, 2.05) is 20.8 Å². The molecule has 1 saturated carbocycles. The van der Waals surface area contributed by atoms with Gasteiger partial charge in [0.25, 0.3) is 5.91 Å². The molecule has 1 heterocycles. The Morgan fingerprint density at radius 2 is 1.83 bits per heavy atom. The number of rotatable bonds is 4. The van der Waals surface area contributed by atoms with Gasteiger partial charge in [-0.15, -0.1) is 0 Å². The monoisotopic (exact) mass is 414 g/mol. The molecule has 1 aliphatic heterocycles. The molecule has 6 nitrogen and oxygen atoms in total. The first kappa shape index (κ1) is 22.3. The Kier molecular flexibility index (Phi) is 5.99. The maximum Gasteiger partial charge on any atom is 0.326 e. The summed E-state index contributed by atoms with van der Waals surface area (Å²) < 4.78 is 5.46. The Bertz CT molecular complexity index is 847. The number of aryl methyl sites for hydroxylation is 2. The van der Waals surface area contributed by atoms with Crippen molar-refractivity contribution < 1.29 is 19.1 Å². The molecule has 0 aromatic heterocycles. The molecule has 2 aliphatic rings. The first-order valence-electron chi connectivity index (χ1n) is 10.9. The number of hydrogen-bond donors (Lipinski definition) is 1. The molecule has 0 radical (unpaired) electrons. The lowest BCUT2D eigenvalue weighted by molar-refractivity contribution is -0.149. The van der Waals surface area contributed by atoms with Crippen molar-refractivity contribution in [3.05, 3.63) is 34.4 Å². The molecule has 2 fully saturated rings. The lowest BCUT2D eigenvalue weighted by Gasteiger charge is -2.36. The van der Waals surface area contributed by atoms with Crippen LogP contribution in [0, 0.1) is 19.8 Å². The third kappa shape index (κ3) is 4.09. The second-order valence-corrected chi connectivity index (χ2v) is 9.94.